The summed E-state index contributed by atoms with van der Waals surface area (Å²) >= 11 is 0. The number of nitrogens with zero attached hydrogens (tertiary/aromatic N) is 2. The first-order valence-corrected chi connectivity index (χ1v) is 13.1. The van der Waals surface area contributed by atoms with E-state index in [1.165, 1.54) is 0 Å². The fraction of sp³-hybridized carbons (Fsp3) is 0.483. The van der Waals surface area contributed by atoms with Gasteiger partial charge in [-0.1, -0.05) is 43.3 Å². The first-order valence-electron chi connectivity index (χ1n) is 13.1. The van der Waals surface area contributed by atoms with Gasteiger partial charge in [-0.05, 0) is 61.4 Å². The predicted molar refractivity (Wildman–Crippen MR) is 141 cm³/mol. The average Bonchev–Trinajstić information content (AvgIpc) is 3.66. The molecule has 0 aromatic heterocycles. The van der Waals surface area contributed by atoms with Gasteiger partial charge in [0.05, 0.1) is 30.1 Å². The number of benzene rings is 2. The normalized spacial score (nSPS) is 26.5. The van der Waals surface area contributed by atoms with E-state index >= 15 is 0 Å². The predicted octanol–water partition coefficient (Wildman–Crippen LogP) is 3.36. The molecule has 0 radical (unpaired) electrons. The van der Waals surface area contributed by atoms with E-state index in [0.29, 0.717) is 25.0 Å². The van der Waals surface area contributed by atoms with Gasteiger partial charge in [-0.15, -0.1) is 0 Å². The number of guanidine groups is 1. The van der Waals surface area contributed by atoms with Crippen LogP contribution in [0.4, 0.5) is 0 Å². The molecule has 2 aliphatic carbocycles. The Kier molecular flexibility index (Phi) is 6.58. The maximum atomic E-state index is 13.4. The van der Waals surface area contributed by atoms with Gasteiger partial charge in [0.2, 0.25) is 5.91 Å². The minimum Gasteiger partial charge on any atom is -0.390 e. The number of ether oxygens (including phenoxy) is 1. The molecule has 1 spiro atoms. The smallest absolute Gasteiger partial charge is 0.251 e. The maximum Gasteiger partial charge on any atom is 0.251 e. The molecule has 0 bridgehead atoms. The summed E-state index contributed by atoms with van der Waals surface area (Å²) in [6.45, 7) is 4.34. The second-order valence-corrected chi connectivity index (χ2v) is 10.8. The lowest BCUT2D eigenvalue weighted by Gasteiger charge is -2.39. The van der Waals surface area contributed by atoms with Gasteiger partial charge in [-0.2, -0.15) is 0 Å². The van der Waals surface area contributed by atoms with E-state index in [1.54, 1.807) is 24.1 Å². The quantitative estimate of drug-likeness (QED) is 0.510. The summed E-state index contributed by atoms with van der Waals surface area (Å²) < 4.78 is 5.33. The molecular formula is C29H36N4O4. The van der Waals surface area contributed by atoms with Gasteiger partial charge >= 0.3 is 0 Å². The third-order valence-electron chi connectivity index (χ3n) is 8.42. The summed E-state index contributed by atoms with van der Waals surface area (Å²) in [6.07, 6.45) is 2.69. The SMILES string of the molecule is CCC1(C)CC(=O)N(C(CCOC)c2cccc(C(=O)NC3c4ccccc4C4(CC4)C3O)c2)C(N)=N1. The first-order chi connectivity index (χ1) is 17.7. The van der Waals surface area contributed by atoms with E-state index in [1.807, 2.05) is 44.2 Å². The van der Waals surface area contributed by atoms with Crippen molar-refractivity contribution in [2.45, 2.75) is 75.1 Å². The molecule has 4 unspecified atom stereocenters. The molecule has 3 aliphatic rings. The molecule has 5 rings (SSSR count). The van der Waals surface area contributed by atoms with Crippen molar-refractivity contribution in [1.29, 1.82) is 0 Å². The first kappa shape index (κ1) is 25.4. The molecule has 37 heavy (non-hydrogen) atoms. The Hall–Kier alpha value is -3.23. The Labute approximate surface area is 217 Å². The maximum absolute atomic E-state index is 13.4. The summed E-state index contributed by atoms with van der Waals surface area (Å²) in [5, 5.41) is 14.2. The minimum absolute atomic E-state index is 0.0896. The van der Waals surface area contributed by atoms with Gasteiger partial charge in [0.1, 0.15) is 0 Å². The van der Waals surface area contributed by atoms with Gasteiger partial charge in [0.25, 0.3) is 5.91 Å². The Morgan fingerprint density at radius 2 is 2.03 bits per heavy atom. The molecule has 4 atom stereocenters. The number of carbonyl (C=O) groups is 2. The van der Waals surface area contributed by atoms with Gasteiger partial charge < -0.3 is 20.9 Å². The fourth-order valence-electron chi connectivity index (χ4n) is 5.96. The molecule has 196 valence electrons. The zero-order valence-corrected chi connectivity index (χ0v) is 21.7. The van der Waals surface area contributed by atoms with Crippen molar-refractivity contribution < 1.29 is 19.4 Å². The van der Waals surface area contributed by atoms with Crippen LogP contribution in [0.25, 0.3) is 0 Å². The number of hydrogen-bond acceptors (Lipinski definition) is 6. The molecule has 1 aliphatic heterocycles. The van der Waals surface area contributed by atoms with Crippen LogP contribution in [0.3, 0.4) is 0 Å². The highest BCUT2D eigenvalue weighted by Crippen LogP contribution is 2.60. The Balaban J connectivity index is 1.42. The van der Waals surface area contributed by atoms with E-state index in [-0.39, 0.29) is 29.6 Å². The Morgan fingerprint density at radius 3 is 2.70 bits per heavy atom. The number of amides is 2. The van der Waals surface area contributed by atoms with E-state index in [0.717, 1.165) is 29.5 Å². The molecule has 1 fully saturated rings. The van der Waals surface area contributed by atoms with Crippen LogP contribution in [0.2, 0.25) is 0 Å². The van der Waals surface area contributed by atoms with Crippen molar-refractivity contribution in [2.75, 3.05) is 13.7 Å². The van der Waals surface area contributed by atoms with Crippen LogP contribution >= 0.6 is 0 Å². The highest BCUT2D eigenvalue weighted by atomic mass is 16.5. The van der Waals surface area contributed by atoms with Crippen LogP contribution in [0.15, 0.2) is 53.5 Å². The zero-order chi connectivity index (χ0) is 26.4. The van der Waals surface area contributed by atoms with E-state index in [2.05, 4.69) is 16.4 Å². The highest BCUT2D eigenvalue weighted by molar-refractivity contribution is 5.99. The van der Waals surface area contributed by atoms with Crippen LogP contribution < -0.4 is 11.1 Å². The number of methoxy groups -OCH3 is 1. The van der Waals surface area contributed by atoms with Crippen LogP contribution in [0.1, 0.15) is 85.1 Å². The summed E-state index contributed by atoms with van der Waals surface area (Å²) in [6, 6.07) is 14.3. The Bertz CT molecular complexity index is 1240. The third kappa shape index (κ3) is 4.42. The molecule has 1 heterocycles. The monoisotopic (exact) mass is 504 g/mol. The summed E-state index contributed by atoms with van der Waals surface area (Å²) in [5.74, 6) is -0.167. The molecule has 4 N–H and O–H groups in total. The third-order valence-corrected chi connectivity index (χ3v) is 8.42. The van der Waals surface area contributed by atoms with Crippen LogP contribution in [0.5, 0.6) is 0 Å². The van der Waals surface area contributed by atoms with Crippen molar-refractivity contribution >= 4 is 17.8 Å². The van der Waals surface area contributed by atoms with E-state index in [4.69, 9.17) is 10.5 Å². The zero-order valence-electron chi connectivity index (χ0n) is 21.7. The number of aliphatic hydroxyl groups excluding tert-OH is 1. The molecule has 1 saturated carbocycles. The molecule has 2 aromatic carbocycles. The lowest BCUT2D eigenvalue weighted by Crippen LogP contribution is -2.52. The molecule has 2 aromatic rings. The average molecular weight is 505 g/mol. The van der Waals surface area contributed by atoms with Crippen LogP contribution in [-0.2, 0) is 14.9 Å². The van der Waals surface area contributed by atoms with Crippen LogP contribution in [-0.4, -0.2) is 53.1 Å². The van der Waals surface area contributed by atoms with Crippen molar-refractivity contribution in [3.05, 3.63) is 70.8 Å². The number of aliphatic hydroxyl groups is 1. The highest BCUT2D eigenvalue weighted by Gasteiger charge is 2.59. The van der Waals surface area contributed by atoms with Gasteiger partial charge in [0.15, 0.2) is 5.96 Å². The second-order valence-electron chi connectivity index (χ2n) is 10.8. The fourth-order valence-corrected chi connectivity index (χ4v) is 5.96. The van der Waals surface area contributed by atoms with Crippen LogP contribution in [0, 0.1) is 0 Å². The van der Waals surface area contributed by atoms with Crippen molar-refractivity contribution in [3.63, 3.8) is 0 Å². The van der Waals surface area contributed by atoms with E-state index < -0.39 is 23.7 Å². The molecular weight excluding hydrogens is 468 g/mol. The Morgan fingerprint density at radius 1 is 1.27 bits per heavy atom. The van der Waals surface area contributed by atoms with Gasteiger partial charge in [0, 0.05) is 24.7 Å². The lowest BCUT2D eigenvalue weighted by molar-refractivity contribution is -0.131. The number of fused-ring (bicyclic) bond motifs is 2. The van der Waals surface area contributed by atoms with Crippen molar-refractivity contribution in [2.24, 2.45) is 10.7 Å². The number of aliphatic imine (C=N–C) groups is 1. The lowest BCUT2D eigenvalue weighted by atomic mass is 9.91. The van der Waals surface area contributed by atoms with Crippen molar-refractivity contribution in [1.82, 2.24) is 10.2 Å². The number of nitrogens with two attached hydrogens (primary N) is 1. The molecule has 0 saturated heterocycles. The summed E-state index contributed by atoms with van der Waals surface area (Å²) in [7, 11) is 1.61. The summed E-state index contributed by atoms with van der Waals surface area (Å²) in [4.78, 5) is 32.9. The van der Waals surface area contributed by atoms with Gasteiger partial charge in [-0.25, -0.2) is 4.99 Å². The largest absolute Gasteiger partial charge is 0.390 e. The number of nitrogens with one attached hydrogen (secondary N) is 1. The molecule has 2 amide bonds. The second kappa shape index (κ2) is 9.58. The van der Waals surface area contributed by atoms with Gasteiger partial charge in [-0.3, -0.25) is 14.5 Å². The number of hydrogen-bond donors (Lipinski definition) is 3. The molecule has 8 nitrogen and oxygen atoms in total. The number of carbonyl (C=O) groups excluding carboxylic acids is 2. The van der Waals surface area contributed by atoms with Crippen molar-refractivity contribution in [3.8, 4) is 0 Å². The van der Waals surface area contributed by atoms with E-state index in [9.17, 15) is 14.7 Å². The number of rotatable bonds is 8. The minimum atomic E-state index is -0.652. The standard InChI is InChI=1S/C29H36N4O4/c1-4-28(2)17-23(34)33(27(30)32-28)22(12-15-37-3)18-8-7-9-19(16-18)26(36)31-24-20-10-5-6-11-21(20)29(13-14-29)25(24)35/h5-11,16,22,24-25,35H,4,12-15,17H2,1-3H3,(H2,30,32)(H,31,36). The summed E-state index contributed by atoms with van der Waals surface area (Å²) in [5.41, 5.74) is 8.95. The molecule has 8 heteroatoms. The topological polar surface area (TPSA) is 117 Å².